The summed E-state index contributed by atoms with van der Waals surface area (Å²) < 4.78 is 1.33. The Labute approximate surface area is 103 Å². The van der Waals surface area contributed by atoms with Crippen molar-refractivity contribution < 1.29 is 9.90 Å². The van der Waals surface area contributed by atoms with Crippen LogP contribution in [0.4, 0.5) is 5.69 Å². The van der Waals surface area contributed by atoms with Gasteiger partial charge in [0.25, 0.3) is 0 Å². The maximum Gasteiger partial charge on any atom is 0.246 e. The highest BCUT2D eigenvalue weighted by atomic mass is 16.3. The van der Waals surface area contributed by atoms with Crippen LogP contribution in [0.15, 0.2) is 18.5 Å². The average molecular weight is 247 g/mol. The van der Waals surface area contributed by atoms with Gasteiger partial charge in [0.2, 0.25) is 5.91 Å². The molecule has 18 heavy (non-hydrogen) atoms. The molecule has 2 aromatic rings. The summed E-state index contributed by atoms with van der Waals surface area (Å²) >= 11 is 0. The number of aromatic nitrogens is 4. The molecule has 0 bridgehead atoms. The van der Waals surface area contributed by atoms with Gasteiger partial charge in [0.15, 0.2) is 0 Å². The molecule has 0 fully saturated rings. The molecule has 7 heteroatoms. The highest BCUT2D eigenvalue weighted by Gasteiger charge is 2.08. The van der Waals surface area contributed by atoms with Gasteiger partial charge in [-0.15, -0.1) is 5.10 Å². The van der Waals surface area contributed by atoms with Crippen molar-refractivity contribution in [3.05, 3.63) is 29.6 Å². The topological polar surface area (TPSA) is 92.9 Å². The number of phenolic OH excluding ortho intramolecular Hbond substituents is 1. The van der Waals surface area contributed by atoms with E-state index in [4.69, 9.17) is 0 Å². The van der Waals surface area contributed by atoms with Gasteiger partial charge in [-0.05, 0) is 47.5 Å². The minimum absolute atomic E-state index is 0.0480. The average Bonchev–Trinajstić information content (AvgIpc) is 2.78. The lowest BCUT2D eigenvalue weighted by Gasteiger charge is -2.10. The molecule has 0 saturated carbocycles. The van der Waals surface area contributed by atoms with E-state index in [1.807, 2.05) is 6.92 Å². The number of carbonyl (C=O) groups excluding carboxylic acids is 1. The fraction of sp³-hybridized carbons (Fsp3) is 0.273. The Balaban J connectivity index is 2.09. The molecule has 2 N–H and O–H groups in total. The molecule has 1 aromatic carbocycles. The Bertz CT molecular complexity index is 565. The number of carbonyl (C=O) groups is 1. The maximum absolute atomic E-state index is 11.7. The Hall–Kier alpha value is -2.44. The van der Waals surface area contributed by atoms with Crippen molar-refractivity contribution in [1.29, 1.82) is 0 Å². The predicted octanol–water partition coefficient (Wildman–Crippen LogP) is 0.634. The number of nitrogens with one attached hydrogen (secondary N) is 1. The molecule has 0 unspecified atom stereocenters. The highest BCUT2D eigenvalue weighted by molar-refractivity contribution is 5.91. The molecule has 0 spiro atoms. The van der Waals surface area contributed by atoms with Crippen LogP contribution in [-0.2, 0) is 11.3 Å². The summed E-state index contributed by atoms with van der Waals surface area (Å²) in [4.78, 5) is 11.7. The molecule has 0 saturated heterocycles. The lowest BCUT2D eigenvalue weighted by Crippen LogP contribution is -2.19. The van der Waals surface area contributed by atoms with E-state index in [0.29, 0.717) is 11.3 Å². The molecule has 0 aliphatic carbocycles. The molecule has 1 amide bonds. The van der Waals surface area contributed by atoms with Crippen molar-refractivity contribution in [1.82, 2.24) is 20.2 Å². The highest BCUT2D eigenvalue weighted by Crippen LogP contribution is 2.24. The lowest BCUT2D eigenvalue weighted by molar-refractivity contribution is -0.116. The molecule has 94 valence electrons. The van der Waals surface area contributed by atoms with Crippen molar-refractivity contribution in [2.24, 2.45) is 0 Å². The quantitative estimate of drug-likeness (QED) is 0.776. The number of hydrogen-bond donors (Lipinski definition) is 2. The van der Waals surface area contributed by atoms with Gasteiger partial charge < -0.3 is 10.4 Å². The van der Waals surface area contributed by atoms with Crippen LogP contribution >= 0.6 is 0 Å². The Morgan fingerprint density at radius 1 is 1.39 bits per heavy atom. The van der Waals surface area contributed by atoms with Gasteiger partial charge in [-0.3, -0.25) is 4.79 Å². The Kier molecular flexibility index (Phi) is 3.22. The van der Waals surface area contributed by atoms with Gasteiger partial charge in [0.05, 0.1) is 0 Å². The molecule has 0 radical (unpaired) electrons. The lowest BCUT2D eigenvalue weighted by atomic mass is 10.1. The van der Waals surface area contributed by atoms with Crippen molar-refractivity contribution in [3.63, 3.8) is 0 Å². The van der Waals surface area contributed by atoms with E-state index in [9.17, 15) is 9.90 Å². The van der Waals surface area contributed by atoms with E-state index in [1.165, 1.54) is 11.0 Å². The van der Waals surface area contributed by atoms with Gasteiger partial charge >= 0.3 is 0 Å². The summed E-state index contributed by atoms with van der Waals surface area (Å²) in [6.45, 7) is 3.63. The maximum atomic E-state index is 11.7. The number of tetrazole rings is 1. The fourth-order valence-corrected chi connectivity index (χ4v) is 1.53. The molecule has 0 aliphatic rings. The van der Waals surface area contributed by atoms with E-state index in [2.05, 4.69) is 20.8 Å². The zero-order valence-corrected chi connectivity index (χ0v) is 10.1. The smallest absolute Gasteiger partial charge is 0.246 e. The third-order valence-electron chi connectivity index (χ3n) is 2.51. The second-order valence-corrected chi connectivity index (χ2v) is 4.01. The minimum Gasteiger partial charge on any atom is -0.508 e. The third kappa shape index (κ3) is 2.62. The van der Waals surface area contributed by atoms with Crippen LogP contribution in [0.3, 0.4) is 0 Å². The Morgan fingerprint density at radius 3 is 2.83 bits per heavy atom. The van der Waals surface area contributed by atoms with Crippen molar-refractivity contribution in [2.75, 3.05) is 5.32 Å². The van der Waals surface area contributed by atoms with Gasteiger partial charge in [0, 0.05) is 5.69 Å². The summed E-state index contributed by atoms with van der Waals surface area (Å²) in [5, 5.41) is 22.8. The van der Waals surface area contributed by atoms with Gasteiger partial charge in [0.1, 0.15) is 18.6 Å². The number of aryl methyl sites for hydroxylation is 2. The van der Waals surface area contributed by atoms with Crippen LogP contribution in [-0.4, -0.2) is 31.2 Å². The summed E-state index contributed by atoms with van der Waals surface area (Å²) in [5.74, 6) is -0.0125. The predicted molar refractivity (Wildman–Crippen MR) is 64.0 cm³/mol. The molecular formula is C11H13N5O2. The Morgan fingerprint density at radius 2 is 2.17 bits per heavy atom. The van der Waals surface area contributed by atoms with Crippen molar-refractivity contribution in [3.8, 4) is 5.75 Å². The summed E-state index contributed by atoms with van der Waals surface area (Å²) in [6.07, 6.45) is 1.37. The first kappa shape index (κ1) is 12.0. The van der Waals surface area contributed by atoms with Crippen LogP contribution in [0.2, 0.25) is 0 Å². The van der Waals surface area contributed by atoms with E-state index >= 15 is 0 Å². The number of rotatable bonds is 3. The van der Waals surface area contributed by atoms with Crippen LogP contribution in [0.25, 0.3) is 0 Å². The number of aromatic hydroxyl groups is 1. The first-order valence-electron chi connectivity index (χ1n) is 5.37. The number of nitrogens with zero attached hydrogens (tertiary/aromatic N) is 4. The molecule has 0 aliphatic heterocycles. The van der Waals surface area contributed by atoms with Crippen LogP contribution < -0.4 is 5.32 Å². The first-order chi connectivity index (χ1) is 8.56. The summed E-state index contributed by atoms with van der Waals surface area (Å²) in [5.41, 5.74) is 2.17. The normalized spacial score (nSPS) is 10.3. The number of hydrogen-bond acceptors (Lipinski definition) is 5. The first-order valence-corrected chi connectivity index (χ1v) is 5.37. The summed E-state index contributed by atoms with van der Waals surface area (Å²) in [6, 6.07) is 3.34. The zero-order chi connectivity index (χ0) is 13.1. The number of amides is 1. The van der Waals surface area contributed by atoms with E-state index in [1.54, 1.807) is 19.1 Å². The van der Waals surface area contributed by atoms with E-state index < -0.39 is 0 Å². The molecule has 1 heterocycles. The third-order valence-corrected chi connectivity index (χ3v) is 2.51. The second-order valence-electron chi connectivity index (χ2n) is 4.01. The molecule has 2 rings (SSSR count). The standard InChI is InChI=1S/C11H13N5O2/c1-7-4-10(17)8(2)3-9(7)13-11(18)5-16-6-12-14-15-16/h3-4,6,17H,5H2,1-2H3,(H,13,18). The SMILES string of the molecule is Cc1cc(NC(=O)Cn2cnnn2)c(C)cc1O. The van der Waals surface area contributed by atoms with Gasteiger partial charge in [-0.25, -0.2) is 4.68 Å². The molecular weight excluding hydrogens is 234 g/mol. The van der Waals surface area contributed by atoms with Crippen LogP contribution in [0, 0.1) is 13.8 Å². The largest absolute Gasteiger partial charge is 0.508 e. The minimum atomic E-state index is -0.226. The van der Waals surface area contributed by atoms with E-state index in [-0.39, 0.29) is 18.2 Å². The van der Waals surface area contributed by atoms with Gasteiger partial charge in [-0.1, -0.05) is 0 Å². The molecule has 0 atom stereocenters. The molecule has 1 aromatic heterocycles. The van der Waals surface area contributed by atoms with Crippen LogP contribution in [0.5, 0.6) is 5.75 Å². The number of anilines is 1. The van der Waals surface area contributed by atoms with Gasteiger partial charge in [-0.2, -0.15) is 0 Å². The fourth-order valence-electron chi connectivity index (χ4n) is 1.53. The van der Waals surface area contributed by atoms with E-state index in [0.717, 1.165) is 5.56 Å². The zero-order valence-electron chi connectivity index (χ0n) is 10.1. The van der Waals surface area contributed by atoms with Crippen molar-refractivity contribution in [2.45, 2.75) is 20.4 Å². The number of phenols is 1. The second kappa shape index (κ2) is 4.82. The van der Waals surface area contributed by atoms with Crippen LogP contribution in [0.1, 0.15) is 11.1 Å². The molecule has 7 nitrogen and oxygen atoms in total. The number of benzene rings is 1. The monoisotopic (exact) mass is 247 g/mol. The van der Waals surface area contributed by atoms with Crippen molar-refractivity contribution >= 4 is 11.6 Å². The summed E-state index contributed by atoms with van der Waals surface area (Å²) in [7, 11) is 0.